The topological polar surface area (TPSA) is 55.2 Å². The van der Waals surface area contributed by atoms with E-state index < -0.39 is 0 Å². The van der Waals surface area contributed by atoms with Gasteiger partial charge in [-0.05, 0) is 19.2 Å². The van der Waals surface area contributed by atoms with Crippen LogP contribution in [0, 0.1) is 10.1 Å². The Labute approximate surface area is 93.2 Å². The zero-order valence-electron chi connectivity index (χ0n) is 8.77. The Hall–Kier alpha value is -1.23. The zero-order valence-corrected chi connectivity index (χ0v) is 9.58. The molecule has 0 aliphatic carbocycles. The summed E-state index contributed by atoms with van der Waals surface area (Å²) < 4.78 is 0. The Kier molecular flexibility index (Phi) is 4.42. The van der Waals surface area contributed by atoms with Crippen molar-refractivity contribution in [3.05, 3.63) is 34.4 Å². The molecule has 4 nitrogen and oxygen atoms in total. The number of nitro benzene ring substituents is 1. The highest BCUT2D eigenvalue weighted by molar-refractivity contribution is 7.98. The molecule has 1 aromatic rings. The first-order valence-corrected chi connectivity index (χ1v) is 6.03. The first-order valence-electron chi connectivity index (χ1n) is 4.64. The molecule has 0 aliphatic heterocycles. The molecule has 1 rings (SSSR count). The lowest BCUT2D eigenvalue weighted by molar-refractivity contribution is -0.384. The Morgan fingerprint density at radius 2 is 2.20 bits per heavy atom. The van der Waals surface area contributed by atoms with Crippen LogP contribution in [-0.2, 0) is 0 Å². The van der Waals surface area contributed by atoms with Gasteiger partial charge < -0.3 is 5.32 Å². The lowest BCUT2D eigenvalue weighted by Gasteiger charge is -2.13. The average molecular weight is 226 g/mol. The fourth-order valence-electron chi connectivity index (χ4n) is 1.31. The summed E-state index contributed by atoms with van der Waals surface area (Å²) in [6.07, 6.45) is 2.01. The van der Waals surface area contributed by atoms with Gasteiger partial charge in [-0.15, -0.1) is 0 Å². The zero-order chi connectivity index (χ0) is 11.3. The van der Waals surface area contributed by atoms with Crippen LogP contribution in [0.15, 0.2) is 24.3 Å². The molecule has 1 atom stereocenters. The molecule has 0 saturated carbocycles. The van der Waals surface area contributed by atoms with Crippen molar-refractivity contribution in [2.75, 3.05) is 17.3 Å². The monoisotopic (exact) mass is 226 g/mol. The third kappa shape index (κ3) is 3.43. The van der Waals surface area contributed by atoms with Crippen molar-refractivity contribution in [1.82, 2.24) is 0 Å². The van der Waals surface area contributed by atoms with E-state index >= 15 is 0 Å². The second-order valence-corrected chi connectivity index (χ2v) is 4.19. The molecule has 0 amide bonds. The number of hydrogen-bond donors (Lipinski definition) is 1. The van der Waals surface area contributed by atoms with Crippen LogP contribution in [0.1, 0.15) is 6.92 Å². The highest BCUT2D eigenvalue weighted by Crippen LogP contribution is 2.24. The first-order chi connectivity index (χ1) is 7.15. The van der Waals surface area contributed by atoms with Crippen LogP contribution in [-0.4, -0.2) is 23.0 Å². The van der Waals surface area contributed by atoms with Crippen molar-refractivity contribution in [3.8, 4) is 0 Å². The van der Waals surface area contributed by atoms with Gasteiger partial charge in [-0.3, -0.25) is 10.1 Å². The number of nitrogens with zero attached hydrogens (tertiary/aromatic N) is 1. The van der Waals surface area contributed by atoms with E-state index in [1.54, 1.807) is 30.0 Å². The van der Waals surface area contributed by atoms with Crippen LogP contribution >= 0.6 is 11.8 Å². The van der Waals surface area contributed by atoms with Crippen molar-refractivity contribution >= 4 is 23.1 Å². The van der Waals surface area contributed by atoms with Gasteiger partial charge >= 0.3 is 0 Å². The summed E-state index contributed by atoms with van der Waals surface area (Å²) in [5.74, 6) is 0.923. The summed E-state index contributed by atoms with van der Waals surface area (Å²) in [7, 11) is 0. The summed E-state index contributed by atoms with van der Waals surface area (Å²) in [5.41, 5.74) is 0.717. The number of hydrogen-bond acceptors (Lipinski definition) is 4. The van der Waals surface area contributed by atoms with Gasteiger partial charge in [0.2, 0.25) is 0 Å². The minimum atomic E-state index is -0.367. The van der Waals surface area contributed by atoms with Crippen molar-refractivity contribution in [2.45, 2.75) is 13.0 Å². The number of thioether (sulfide) groups is 1. The number of anilines is 1. The maximum Gasteiger partial charge on any atom is 0.292 e. The average Bonchev–Trinajstić information content (AvgIpc) is 2.18. The Balaban J connectivity index is 2.79. The summed E-state index contributed by atoms with van der Waals surface area (Å²) in [5, 5.41) is 13.9. The van der Waals surface area contributed by atoms with Crippen molar-refractivity contribution < 1.29 is 4.92 Å². The Morgan fingerprint density at radius 1 is 1.53 bits per heavy atom. The molecule has 0 heterocycles. The molecule has 82 valence electrons. The van der Waals surface area contributed by atoms with E-state index in [9.17, 15) is 10.1 Å². The van der Waals surface area contributed by atoms with Gasteiger partial charge in [0.1, 0.15) is 5.69 Å². The standard InChI is InChI=1S/C10H14N2O2S/c1-8(7-15-2)11-9-5-3-4-6-10(9)12(13)14/h3-6,8,11H,7H2,1-2H3. The van der Waals surface area contributed by atoms with Crippen LogP contribution in [0.4, 0.5) is 11.4 Å². The van der Waals surface area contributed by atoms with Crippen LogP contribution in [0.25, 0.3) is 0 Å². The van der Waals surface area contributed by atoms with Gasteiger partial charge in [-0.25, -0.2) is 0 Å². The molecule has 0 spiro atoms. The smallest absolute Gasteiger partial charge is 0.292 e. The molecule has 0 saturated heterocycles. The quantitative estimate of drug-likeness (QED) is 0.619. The fourth-order valence-corrected chi connectivity index (χ4v) is 1.90. The van der Waals surface area contributed by atoms with E-state index in [1.807, 2.05) is 13.2 Å². The lowest BCUT2D eigenvalue weighted by atomic mass is 10.2. The number of benzene rings is 1. The predicted molar refractivity (Wildman–Crippen MR) is 64.6 cm³/mol. The molecular weight excluding hydrogens is 212 g/mol. The SMILES string of the molecule is CSCC(C)Nc1ccccc1[N+](=O)[O-]. The second-order valence-electron chi connectivity index (χ2n) is 3.27. The third-order valence-corrected chi connectivity index (χ3v) is 2.75. The Bertz CT molecular complexity index is 344. The normalized spacial score (nSPS) is 12.1. The second kappa shape index (κ2) is 5.60. The molecule has 5 heteroatoms. The Morgan fingerprint density at radius 3 is 2.80 bits per heavy atom. The largest absolute Gasteiger partial charge is 0.376 e. The van der Waals surface area contributed by atoms with Gasteiger partial charge in [-0.2, -0.15) is 11.8 Å². The maximum absolute atomic E-state index is 10.7. The van der Waals surface area contributed by atoms with E-state index in [4.69, 9.17) is 0 Å². The number of nitrogens with one attached hydrogen (secondary N) is 1. The molecule has 1 unspecified atom stereocenters. The highest BCUT2D eigenvalue weighted by Gasteiger charge is 2.13. The van der Waals surface area contributed by atoms with Crippen LogP contribution < -0.4 is 5.32 Å². The van der Waals surface area contributed by atoms with E-state index in [2.05, 4.69) is 5.32 Å². The molecule has 0 fully saturated rings. The molecule has 0 radical (unpaired) electrons. The molecular formula is C10H14N2O2S. The van der Waals surface area contributed by atoms with Gasteiger partial charge in [-0.1, -0.05) is 12.1 Å². The minimum absolute atomic E-state index is 0.130. The van der Waals surface area contributed by atoms with Gasteiger partial charge in [0, 0.05) is 17.9 Å². The van der Waals surface area contributed by atoms with Crippen LogP contribution in [0.5, 0.6) is 0 Å². The summed E-state index contributed by atoms with van der Waals surface area (Å²) in [6.45, 7) is 2.01. The number of para-hydroxylation sites is 2. The molecule has 0 bridgehead atoms. The van der Waals surface area contributed by atoms with Gasteiger partial charge in [0.15, 0.2) is 0 Å². The fraction of sp³-hybridized carbons (Fsp3) is 0.400. The third-order valence-electron chi connectivity index (χ3n) is 1.92. The van der Waals surface area contributed by atoms with Crippen LogP contribution in [0.2, 0.25) is 0 Å². The number of nitro groups is 1. The van der Waals surface area contributed by atoms with Crippen molar-refractivity contribution in [1.29, 1.82) is 0 Å². The molecule has 1 N–H and O–H groups in total. The summed E-state index contributed by atoms with van der Waals surface area (Å²) >= 11 is 1.71. The van der Waals surface area contributed by atoms with Crippen LogP contribution in [0.3, 0.4) is 0 Å². The molecule has 1 aromatic carbocycles. The first kappa shape index (κ1) is 11.8. The molecule has 0 aliphatic rings. The molecule has 15 heavy (non-hydrogen) atoms. The lowest BCUT2D eigenvalue weighted by Crippen LogP contribution is -2.18. The van der Waals surface area contributed by atoms with E-state index in [0.29, 0.717) is 5.69 Å². The van der Waals surface area contributed by atoms with Crippen molar-refractivity contribution in [3.63, 3.8) is 0 Å². The summed E-state index contributed by atoms with van der Waals surface area (Å²) in [6, 6.07) is 6.92. The predicted octanol–water partition coefficient (Wildman–Crippen LogP) is 2.76. The molecule has 0 aromatic heterocycles. The minimum Gasteiger partial charge on any atom is -0.376 e. The van der Waals surface area contributed by atoms with E-state index in [-0.39, 0.29) is 16.7 Å². The van der Waals surface area contributed by atoms with Crippen molar-refractivity contribution in [2.24, 2.45) is 0 Å². The number of rotatable bonds is 5. The summed E-state index contributed by atoms with van der Waals surface area (Å²) in [4.78, 5) is 10.4. The van der Waals surface area contributed by atoms with Gasteiger partial charge in [0.25, 0.3) is 5.69 Å². The highest BCUT2D eigenvalue weighted by atomic mass is 32.2. The van der Waals surface area contributed by atoms with Gasteiger partial charge in [0.05, 0.1) is 4.92 Å². The van der Waals surface area contributed by atoms with E-state index in [1.165, 1.54) is 6.07 Å². The maximum atomic E-state index is 10.7. The van der Waals surface area contributed by atoms with E-state index in [0.717, 1.165) is 5.75 Å².